The fraction of sp³-hybridized carbons (Fsp3) is 0.667. The number of aromatic nitrogens is 2. The summed E-state index contributed by atoms with van der Waals surface area (Å²) in [5, 5.41) is 0. The lowest BCUT2D eigenvalue weighted by molar-refractivity contribution is -0.139. The van der Waals surface area contributed by atoms with Crippen LogP contribution in [0, 0.1) is 5.82 Å². The Balaban J connectivity index is 1.48. The van der Waals surface area contributed by atoms with Crippen molar-refractivity contribution in [3.63, 3.8) is 0 Å². The van der Waals surface area contributed by atoms with Crippen molar-refractivity contribution in [3.05, 3.63) is 12.0 Å². The number of fused-ring (bicyclic) bond motifs is 1. The minimum Gasteiger partial charge on any atom is -0.479 e. The Kier molecular flexibility index (Phi) is 3.37. The van der Waals surface area contributed by atoms with Crippen LogP contribution in [0.5, 0.6) is 5.88 Å². The van der Waals surface area contributed by atoms with E-state index in [1.165, 1.54) is 7.11 Å². The van der Waals surface area contributed by atoms with Gasteiger partial charge < -0.3 is 19.3 Å². The summed E-state index contributed by atoms with van der Waals surface area (Å²) in [4.78, 5) is 24.6. The molecule has 3 aliphatic rings. The lowest BCUT2D eigenvalue weighted by Gasteiger charge is -2.37. The number of amides is 1. The molecule has 8 heteroatoms. The minimum atomic E-state index is -0.689. The number of rotatable bonds is 2. The molecule has 3 saturated heterocycles. The van der Waals surface area contributed by atoms with Gasteiger partial charge in [-0.2, -0.15) is 9.37 Å². The fourth-order valence-electron chi connectivity index (χ4n) is 3.70. The van der Waals surface area contributed by atoms with Gasteiger partial charge in [0.2, 0.25) is 11.8 Å². The van der Waals surface area contributed by atoms with Gasteiger partial charge in [-0.3, -0.25) is 4.79 Å². The maximum Gasteiger partial charge on any atom is 0.257 e. The second-order valence-corrected chi connectivity index (χ2v) is 6.22. The highest BCUT2D eigenvalue weighted by atomic mass is 19.1. The first-order valence-electron chi connectivity index (χ1n) is 7.93. The Morgan fingerprint density at radius 1 is 1.39 bits per heavy atom. The molecule has 0 aliphatic carbocycles. The minimum absolute atomic E-state index is 0.0452. The van der Waals surface area contributed by atoms with Crippen LogP contribution in [0.25, 0.3) is 0 Å². The van der Waals surface area contributed by atoms with E-state index in [1.54, 1.807) is 0 Å². The second kappa shape index (κ2) is 5.30. The smallest absolute Gasteiger partial charge is 0.257 e. The molecule has 1 aromatic rings. The van der Waals surface area contributed by atoms with Crippen molar-refractivity contribution in [2.45, 2.75) is 37.5 Å². The van der Waals surface area contributed by atoms with E-state index in [2.05, 4.69) is 9.97 Å². The molecule has 0 aromatic carbocycles. The summed E-state index contributed by atoms with van der Waals surface area (Å²) in [5.74, 6) is -0.106. The number of hydrogen-bond acceptors (Lipinski definition) is 6. The molecular weight excluding hydrogens is 303 g/mol. The zero-order chi connectivity index (χ0) is 16.0. The predicted molar refractivity (Wildman–Crippen MR) is 78.5 cm³/mol. The molecular formula is C15H19FN4O3. The summed E-state index contributed by atoms with van der Waals surface area (Å²) in [6.45, 7) is 2.00. The Morgan fingerprint density at radius 3 is 2.87 bits per heavy atom. The van der Waals surface area contributed by atoms with Crippen molar-refractivity contribution >= 4 is 11.9 Å². The third-order valence-corrected chi connectivity index (χ3v) is 4.96. The van der Waals surface area contributed by atoms with Crippen molar-refractivity contribution in [2.24, 2.45) is 0 Å². The molecule has 4 heterocycles. The van der Waals surface area contributed by atoms with Crippen LogP contribution in [0.15, 0.2) is 6.20 Å². The zero-order valence-electron chi connectivity index (χ0n) is 13.0. The SMILES string of the molecule is COc1nc(N2CCC3(CC2)OC2CCCN2C3=O)ncc1F. The number of nitrogens with zero attached hydrogens (tertiary/aromatic N) is 4. The first kappa shape index (κ1) is 14.6. The number of hydrogen-bond donors (Lipinski definition) is 0. The Morgan fingerprint density at radius 2 is 2.17 bits per heavy atom. The van der Waals surface area contributed by atoms with Crippen LogP contribution in [0.4, 0.5) is 10.3 Å². The van der Waals surface area contributed by atoms with Gasteiger partial charge in [0, 0.05) is 32.5 Å². The maximum atomic E-state index is 13.4. The van der Waals surface area contributed by atoms with E-state index in [0.29, 0.717) is 31.9 Å². The Hall–Kier alpha value is -1.96. The van der Waals surface area contributed by atoms with E-state index in [4.69, 9.17) is 9.47 Å². The summed E-state index contributed by atoms with van der Waals surface area (Å²) in [6.07, 6.45) is 4.20. The molecule has 0 radical (unpaired) electrons. The van der Waals surface area contributed by atoms with Crippen molar-refractivity contribution in [1.82, 2.24) is 14.9 Å². The van der Waals surface area contributed by atoms with E-state index in [1.807, 2.05) is 9.80 Å². The molecule has 1 aromatic heterocycles. The third-order valence-electron chi connectivity index (χ3n) is 4.96. The lowest BCUT2D eigenvalue weighted by atomic mass is 9.90. The van der Waals surface area contributed by atoms with Gasteiger partial charge in [-0.15, -0.1) is 0 Å². The van der Waals surface area contributed by atoms with E-state index in [0.717, 1.165) is 25.6 Å². The van der Waals surface area contributed by atoms with Crippen LogP contribution in [-0.2, 0) is 9.53 Å². The molecule has 124 valence electrons. The number of anilines is 1. The number of halogens is 1. The van der Waals surface area contributed by atoms with Crippen LogP contribution < -0.4 is 9.64 Å². The van der Waals surface area contributed by atoms with Gasteiger partial charge in [0.1, 0.15) is 6.23 Å². The molecule has 1 spiro atoms. The maximum absolute atomic E-state index is 13.4. The molecule has 1 amide bonds. The number of carbonyl (C=O) groups excluding carboxylic acids is 1. The van der Waals surface area contributed by atoms with Crippen molar-refractivity contribution in [1.29, 1.82) is 0 Å². The molecule has 1 atom stereocenters. The number of piperidine rings is 1. The average Bonchev–Trinajstić information content (AvgIpc) is 3.11. The molecule has 0 saturated carbocycles. The number of ether oxygens (including phenoxy) is 2. The molecule has 3 fully saturated rings. The van der Waals surface area contributed by atoms with Crippen LogP contribution in [-0.4, -0.2) is 59.3 Å². The van der Waals surface area contributed by atoms with Gasteiger partial charge in [0.05, 0.1) is 13.3 Å². The number of carbonyl (C=O) groups is 1. The molecule has 23 heavy (non-hydrogen) atoms. The van der Waals surface area contributed by atoms with E-state index in [9.17, 15) is 9.18 Å². The second-order valence-electron chi connectivity index (χ2n) is 6.22. The van der Waals surface area contributed by atoms with Gasteiger partial charge in [0.15, 0.2) is 5.60 Å². The van der Waals surface area contributed by atoms with E-state index < -0.39 is 11.4 Å². The average molecular weight is 322 g/mol. The largest absolute Gasteiger partial charge is 0.479 e. The fourth-order valence-corrected chi connectivity index (χ4v) is 3.70. The summed E-state index contributed by atoms with van der Waals surface area (Å²) < 4.78 is 24.4. The van der Waals surface area contributed by atoms with Gasteiger partial charge in [-0.25, -0.2) is 4.98 Å². The molecule has 3 aliphatic heterocycles. The van der Waals surface area contributed by atoms with Crippen LogP contribution >= 0.6 is 0 Å². The number of methoxy groups -OCH3 is 1. The highest BCUT2D eigenvalue weighted by Gasteiger charge is 2.55. The van der Waals surface area contributed by atoms with E-state index >= 15 is 0 Å². The van der Waals surface area contributed by atoms with Crippen molar-refractivity contribution in [2.75, 3.05) is 31.6 Å². The lowest BCUT2D eigenvalue weighted by Crippen LogP contribution is -2.50. The molecule has 1 unspecified atom stereocenters. The first-order chi connectivity index (χ1) is 11.1. The molecule has 0 bridgehead atoms. The topological polar surface area (TPSA) is 67.8 Å². The highest BCUT2D eigenvalue weighted by molar-refractivity contribution is 5.87. The zero-order valence-corrected chi connectivity index (χ0v) is 13.0. The van der Waals surface area contributed by atoms with E-state index in [-0.39, 0.29) is 18.0 Å². The van der Waals surface area contributed by atoms with Crippen LogP contribution in [0.2, 0.25) is 0 Å². The van der Waals surface area contributed by atoms with Gasteiger partial charge in [-0.05, 0) is 12.8 Å². The third kappa shape index (κ3) is 2.23. The first-order valence-corrected chi connectivity index (χ1v) is 7.93. The molecule has 4 rings (SSSR count). The monoisotopic (exact) mass is 322 g/mol. The highest BCUT2D eigenvalue weighted by Crippen LogP contribution is 2.40. The van der Waals surface area contributed by atoms with Crippen molar-refractivity contribution < 1.29 is 18.7 Å². The van der Waals surface area contributed by atoms with Crippen LogP contribution in [0.3, 0.4) is 0 Å². The standard InChI is InChI=1S/C15H19FN4O3/c1-22-12-10(16)9-17-14(18-12)19-7-4-15(5-8-19)13(21)20-6-2-3-11(20)23-15/h9,11H,2-8H2,1H3. The summed E-state index contributed by atoms with van der Waals surface area (Å²) in [5.41, 5.74) is -0.689. The molecule has 7 nitrogen and oxygen atoms in total. The summed E-state index contributed by atoms with van der Waals surface area (Å²) in [7, 11) is 1.37. The van der Waals surface area contributed by atoms with Gasteiger partial charge in [-0.1, -0.05) is 0 Å². The quantitative estimate of drug-likeness (QED) is 0.807. The predicted octanol–water partition coefficient (Wildman–Crippen LogP) is 0.942. The Bertz CT molecular complexity index is 633. The van der Waals surface area contributed by atoms with Gasteiger partial charge in [0.25, 0.3) is 11.8 Å². The van der Waals surface area contributed by atoms with Gasteiger partial charge >= 0.3 is 0 Å². The van der Waals surface area contributed by atoms with Crippen molar-refractivity contribution in [3.8, 4) is 5.88 Å². The molecule has 0 N–H and O–H groups in total. The normalized spacial score (nSPS) is 26.0. The summed E-state index contributed by atoms with van der Waals surface area (Å²) in [6, 6.07) is 0. The van der Waals surface area contributed by atoms with Crippen LogP contribution in [0.1, 0.15) is 25.7 Å². The summed E-state index contributed by atoms with van der Waals surface area (Å²) >= 11 is 0. The Labute approximate surface area is 133 Å².